The van der Waals surface area contributed by atoms with E-state index in [1.165, 1.54) is 0 Å². The number of hydrogen-bond donors (Lipinski definition) is 0. The third kappa shape index (κ3) is 1.54. The average Bonchev–Trinajstić information content (AvgIpc) is 1.81. The van der Waals surface area contributed by atoms with E-state index in [0.717, 1.165) is 0 Å². The van der Waals surface area contributed by atoms with Gasteiger partial charge in [-0.05, 0) is 0 Å². The van der Waals surface area contributed by atoms with E-state index >= 15 is 0 Å². The third-order valence-corrected chi connectivity index (χ3v) is 1.93. The predicted molar refractivity (Wildman–Crippen MR) is 26.0 cm³/mol. The monoisotopic (exact) mass is 212 g/mol. The molecule has 0 N–H and O–H groups in total. The van der Waals surface area contributed by atoms with Crippen molar-refractivity contribution in [3.05, 3.63) is 0 Å². The van der Waals surface area contributed by atoms with Gasteiger partial charge in [-0.3, -0.25) is 4.79 Å². The zero-order valence-electron chi connectivity index (χ0n) is 5.10. The number of alkyl halides is 4. The minimum absolute atomic E-state index is 1.65. The van der Waals surface area contributed by atoms with Gasteiger partial charge >= 0.3 is 21.4 Å². The molecule has 9 heteroatoms. The summed E-state index contributed by atoms with van der Waals surface area (Å²) in [6.45, 7) is 0. The molecule has 0 aliphatic rings. The van der Waals surface area contributed by atoms with Crippen LogP contribution in [0.4, 0.5) is 21.4 Å². The van der Waals surface area contributed by atoms with Crippen molar-refractivity contribution in [1.82, 2.24) is 0 Å². The van der Waals surface area contributed by atoms with Crippen molar-refractivity contribution in [3.8, 4) is 0 Å². The summed E-state index contributed by atoms with van der Waals surface area (Å²) >= 11 is 0. The molecule has 0 aliphatic carbocycles. The second kappa shape index (κ2) is 2.64. The van der Waals surface area contributed by atoms with Crippen LogP contribution in [-0.2, 0) is 15.0 Å². The van der Waals surface area contributed by atoms with Crippen molar-refractivity contribution in [3.63, 3.8) is 0 Å². The van der Waals surface area contributed by atoms with Gasteiger partial charge in [0.25, 0.3) is 0 Å². The van der Waals surface area contributed by atoms with Crippen LogP contribution < -0.4 is 0 Å². The molecule has 1 unspecified atom stereocenters. The second-order valence-electron chi connectivity index (χ2n) is 1.70. The van der Waals surface area contributed by atoms with Crippen LogP contribution in [0.25, 0.3) is 0 Å². The van der Waals surface area contributed by atoms with Gasteiger partial charge in [-0.2, -0.15) is 21.6 Å². The van der Waals surface area contributed by atoms with E-state index in [-0.39, 0.29) is 0 Å². The summed E-state index contributed by atoms with van der Waals surface area (Å²) in [5.41, 5.74) is 0. The van der Waals surface area contributed by atoms with Crippen molar-refractivity contribution < 1.29 is 34.7 Å². The minimum atomic E-state index is -6.63. The molecule has 0 spiro atoms. The number of aldehydes is 1. The maximum Gasteiger partial charge on any atom is 0.447 e. The number of halogens is 5. The summed E-state index contributed by atoms with van der Waals surface area (Å²) in [5.74, 6) is 0. The number of rotatable bonds is 2. The molecule has 72 valence electrons. The smallest absolute Gasteiger partial charge is 0.298 e. The van der Waals surface area contributed by atoms with E-state index in [9.17, 15) is 34.7 Å². The van der Waals surface area contributed by atoms with Gasteiger partial charge in [-0.25, -0.2) is 4.39 Å². The van der Waals surface area contributed by atoms with E-state index in [1.807, 2.05) is 0 Å². The van der Waals surface area contributed by atoms with Gasteiger partial charge in [0.1, 0.15) is 0 Å². The summed E-state index contributed by atoms with van der Waals surface area (Å²) in [6, 6.07) is 0. The van der Waals surface area contributed by atoms with E-state index in [1.54, 1.807) is 0 Å². The van der Waals surface area contributed by atoms with E-state index in [0.29, 0.717) is 0 Å². The molecule has 1 atom stereocenters. The molecule has 0 radical (unpaired) electrons. The lowest BCUT2D eigenvalue weighted by Gasteiger charge is -2.16. The van der Waals surface area contributed by atoms with Crippen LogP contribution in [0.15, 0.2) is 0 Å². The Kier molecular flexibility index (Phi) is 2.48. The molecular formula is C3HF5O3S. The van der Waals surface area contributed by atoms with Gasteiger partial charge in [-0.1, -0.05) is 0 Å². The van der Waals surface area contributed by atoms with Crippen LogP contribution in [0.5, 0.6) is 0 Å². The standard InChI is InChI=1S/C3HF5O3S/c4-2(1-9,3(5,6)7)12(8,10)11/h1H. The number of hydrogen-bond acceptors (Lipinski definition) is 3. The van der Waals surface area contributed by atoms with Crippen LogP contribution in [0.2, 0.25) is 0 Å². The van der Waals surface area contributed by atoms with Gasteiger partial charge in [0.2, 0.25) is 0 Å². The Labute approximate surface area is 63.4 Å². The van der Waals surface area contributed by atoms with Crippen molar-refractivity contribution in [2.24, 2.45) is 0 Å². The lowest BCUT2D eigenvalue weighted by Crippen LogP contribution is -2.47. The first-order chi connectivity index (χ1) is 5.06. The fraction of sp³-hybridized carbons (Fsp3) is 0.667. The van der Waals surface area contributed by atoms with Gasteiger partial charge in [0.15, 0.2) is 6.29 Å². The molecule has 0 bridgehead atoms. The molecule has 0 aromatic heterocycles. The molecule has 0 heterocycles. The molecule has 0 saturated carbocycles. The molecule has 0 amide bonds. The molecule has 0 saturated heterocycles. The molecule has 0 aliphatic heterocycles. The Balaban J connectivity index is 5.40. The molecule has 0 fully saturated rings. The lowest BCUT2D eigenvalue weighted by atomic mass is 10.4. The van der Waals surface area contributed by atoms with Crippen LogP contribution in [0.3, 0.4) is 0 Å². The topological polar surface area (TPSA) is 51.2 Å². The largest absolute Gasteiger partial charge is 0.447 e. The molecule has 0 rings (SSSR count). The highest BCUT2D eigenvalue weighted by Gasteiger charge is 2.67. The third-order valence-electron chi connectivity index (χ3n) is 0.893. The maximum atomic E-state index is 12.1. The predicted octanol–water partition coefficient (Wildman–Crippen LogP) is 0.713. The van der Waals surface area contributed by atoms with Crippen molar-refractivity contribution in [1.29, 1.82) is 0 Å². The van der Waals surface area contributed by atoms with Gasteiger partial charge in [-0.15, -0.1) is 3.89 Å². The summed E-state index contributed by atoms with van der Waals surface area (Å²) in [7, 11) is -6.63. The van der Waals surface area contributed by atoms with Crippen molar-refractivity contribution in [2.45, 2.75) is 11.2 Å². The Morgan fingerprint density at radius 3 is 1.42 bits per heavy atom. The highest BCUT2D eigenvalue weighted by molar-refractivity contribution is 7.88. The molecule has 0 aromatic rings. The van der Waals surface area contributed by atoms with Gasteiger partial charge < -0.3 is 0 Å². The first-order valence-corrected chi connectivity index (χ1v) is 3.61. The zero-order chi connectivity index (χ0) is 10.2. The lowest BCUT2D eigenvalue weighted by molar-refractivity contribution is -0.193. The van der Waals surface area contributed by atoms with Crippen LogP contribution in [0.1, 0.15) is 0 Å². The van der Waals surface area contributed by atoms with E-state index in [2.05, 4.69) is 0 Å². The zero-order valence-corrected chi connectivity index (χ0v) is 5.92. The Hall–Kier alpha value is -0.730. The van der Waals surface area contributed by atoms with Gasteiger partial charge in [0.05, 0.1) is 0 Å². The number of carbonyl (C=O) groups is 1. The highest BCUT2D eigenvalue weighted by atomic mass is 32.3. The molecule has 0 aromatic carbocycles. The normalized spacial score (nSPS) is 18.4. The Morgan fingerprint density at radius 1 is 1.08 bits per heavy atom. The van der Waals surface area contributed by atoms with Crippen LogP contribution in [-0.4, -0.2) is 25.9 Å². The molecule has 12 heavy (non-hydrogen) atoms. The fourth-order valence-electron chi connectivity index (χ4n) is 0.263. The fourth-order valence-corrected chi connectivity index (χ4v) is 0.654. The summed E-state index contributed by atoms with van der Waals surface area (Å²) in [4.78, 5) is 9.41. The van der Waals surface area contributed by atoms with E-state index in [4.69, 9.17) is 0 Å². The second-order valence-corrected chi connectivity index (χ2v) is 3.17. The quantitative estimate of drug-likeness (QED) is 0.385. The highest BCUT2D eigenvalue weighted by Crippen LogP contribution is 2.37. The maximum absolute atomic E-state index is 12.1. The van der Waals surface area contributed by atoms with Crippen molar-refractivity contribution in [2.75, 3.05) is 0 Å². The molecule has 3 nitrogen and oxygen atoms in total. The van der Waals surface area contributed by atoms with E-state index < -0.39 is 27.7 Å². The van der Waals surface area contributed by atoms with Crippen LogP contribution in [0, 0.1) is 0 Å². The SMILES string of the molecule is O=CC(F)(C(F)(F)F)S(=O)(=O)F. The summed E-state index contributed by atoms with van der Waals surface area (Å²) in [5, 5.41) is -5.46. The molecular weight excluding hydrogens is 211 g/mol. The average molecular weight is 212 g/mol. The summed E-state index contributed by atoms with van der Waals surface area (Å²) < 4.78 is 76.9. The first-order valence-electron chi connectivity index (χ1n) is 2.22. The minimum Gasteiger partial charge on any atom is -0.298 e. The van der Waals surface area contributed by atoms with Crippen molar-refractivity contribution >= 4 is 16.5 Å². The Bertz CT molecular complexity index is 279. The first kappa shape index (κ1) is 11.3. The summed E-state index contributed by atoms with van der Waals surface area (Å²) in [6.07, 6.45) is -7.76. The Morgan fingerprint density at radius 2 is 1.42 bits per heavy atom. The number of carbonyl (C=O) groups excluding carboxylic acids is 1. The van der Waals surface area contributed by atoms with Gasteiger partial charge in [0, 0.05) is 0 Å². The van der Waals surface area contributed by atoms with Crippen LogP contribution >= 0.6 is 0 Å².